The second-order valence-corrected chi connectivity index (χ2v) is 5.65. The molecule has 0 aliphatic rings. The Morgan fingerprint density at radius 3 is 1.94 bits per heavy atom. The highest BCUT2D eigenvalue weighted by molar-refractivity contribution is 7.99. The number of rotatable bonds is 4. The summed E-state index contributed by atoms with van der Waals surface area (Å²) in [5.74, 6) is 1.07. The van der Waals surface area contributed by atoms with Gasteiger partial charge in [0, 0.05) is 4.90 Å². The van der Waals surface area contributed by atoms with Gasteiger partial charge in [-0.05, 0) is 35.9 Å². The average Bonchev–Trinajstić information content (AvgIpc) is 2.40. The molecule has 18 heavy (non-hydrogen) atoms. The molecular weight excluding hydrogens is 240 g/mol. The van der Waals surface area contributed by atoms with Crippen LogP contribution in [0.5, 0.6) is 0 Å². The second-order valence-electron chi connectivity index (χ2n) is 4.32. The fraction of sp³-hybridized carbons (Fsp3) is 0.250. The summed E-state index contributed by atoms with van der Waals surface area (Å²) in [7, 11) is 0. The third-order valence-corrected chi connectivity index (χ3v) is 3.79. The summed E-state index contributed by atoms with van der Waals surface area (Å²) in [5, 5.41) is 10.3. The zero-order valence-electron chi connectivity index (χ0n) is 10.8. The Hall–Kier alpha value is -1.25. The van der Waals surface area contributed by atoms with Gasteiger partial charge in [-0.3, -0.25) is 0 Å². The highest BCUT2D eigenvalue weighted by atomic mass is 32.2. The van der Waals surface area contributed by atoms with Gasteiger partial charge in [0.05, 0.1) is 0 Å². The van der Waals surface area contributed by atoms with Crippen LogP contribution in [0.2, 0.25) is 0 Å². The number of thioether (sulfide) groups is 1. The first-order valence-corrected chi connectivity index (χ1v) is 7.16. The lowest BCUT2D eigenvalue weighted by molar-refractivity contribution is 0.220. The van der Waals surface area contributed by atoms with Crippen LogP contribution < -0.4 is 0 Å². The highest BCUT2D eigenvalue weighted by Gasteiger charge is 2.09. The lowest BCUT2D eigenvalue weighted by Crippen LogP contribution is -1.99. The van der Waals surface area contributed by atoms with E-state index >= 15 is 0 Å². The Kier molecular flexibility index (Phi) is 4.45. The maximum atomic E-state index is 10.3. The smallest absolute Gasteiger partial charge is 0.104 e. The monoisotopic (exact) mass is 258 g/mol. The lowest BCUT2D eigenvalue weighted by atomic mass is 10.0. The van der Waals surface area contributed by atoms with E-state index in [1.54, 1.807) is 0 Å². The maximum Gasteiger partial charge on any atom is 0.104 e. The summed E-state index contributed by atoms with van der Waals surface area (Å²) >= 11 is 1.81. The molecule has 0 fully saturated rings. The van der Waals surface area contributed by atoms with E-state index in [4.69, 9.17) is 0 Å². The van der Waals surface area contributed by atoms with Crippen LogP contribution in [-0.4, -0.2) is 10.9 Å². The van der Waals surface area contributed by atoms with Gasteiger partial charge < -0.3 is 5.11 Å². The summed E-state index contributed by atoms with van der Waals surface area (Å²) in [6.45, 7) is 4.19. The predicted octanol–water partition coefficient (Wildman–Crippen LogP) is 4.19. The van der Waals surface area contributed by atoms with Gasteiger partial charge in [0.1, 0.15) is 6.10 Å². The molecule has 0 bridgehead atoms. The molecule has 0 aliphatic carbocycles. The van der Waals surface area contributed by atoms with E-state index in [0.29, 0.717) is 0 Å². The highest BCUT2D eigenvalue weighted by Crippen LogP contribution is 2.25. The zero-order chi connectivity index (χ0) is 13.0. The quantitative estimate of drug-likeness (QED) is 0.830. The van der Waals surface area contributed by atoms with E-state index in [-0.39, 0.29) is 0 Å². The SMILES string of the molecule is CCSc1ccc(C(O)c2ccc(C)cc2)cc1. The maximum absolute atomic E-state index is 10.3. The molecular formula is C16H18OS. The van der Waals surface area contributed by atoms with Gasteiger partial charge in [0.15, 0.2) is 0 Å². The van der Waals surface area contributed by atoms with Gasteiger partial charge in [-0.1, -0.05) is 48.9 Å². The van der Waals surface area contributed by atoms with Crippen molar-refractivity contribution in [3.8, 4) is 0 Å². The van der Waals surface area contributed by atoms with Crippen molar-refractivity contribution < 1.29 is 5.11 Å². The number of benzene rings is 2. The molecule has 1 nitrogen and oxygen atoms in total. The van der Waals surface area contributed by atoms with Crippen molar-refractivity contribution in [2.75, 3.05) is 5.75 Å². The summed E-state index contributed by atoms with van der Waals surface area (Å²) in [6.07, 6.45) is -0.536. The molecule has 1 atom stereocenters. The van der Waals surface area contributed by atoms with Gasteiger partial charge in [0.25, 0.3) is 0 Å². The standard InChI is InChI=1S/C16H18OS/c1-3-18-15-10-8-14(9-11-15)16(17)13-6-4-12(2)5-7-13/h4-11,16-17H,3H2,1-2H3. The fourth-order valence-electron chi connectivity index (χ4n) is 1.85. The molecule has 2 heteroatoms. The van der Waals surface area contributed by atoms with Crippen LogP contribution in [-0.2, 0) is 0 Å². The van der Waals surface area contributed by atoms with Gasteiger partial charge in [-0.25, -0.2) is 0 Å². The van der Waals surface area contributed by atoms with E-state index in [0.717, 1.165) is 16.9 Å². The predicted molar refractivity (Wildman–Crippen MR) is 78.1 cm³/mol. The minimum atomic E-state index is -0.536. The van der Waals surface area contributed by atoms with Gasteiger partial charge in [-0.15, -0.1) is 11.8 Å². The topological polar surface area (TPSA) is 20.2 Å². The zero-order valence-corrected chi connectivity index (χ0v) is 11.6. The molecule has 0 spiro atoms. The van der Waals surface area contributed by atoms with Crippen LogP contribution in [0.15, 0.2) is 53.4 Å². The molecule has 0 aliphatic heterocycles. The van der Waals surface area contributed by atoms with Crippen molar-refractivity contribution >= 4 is 11.8 Å². The second kappa shape index (κ2) is 6.07. The van der Waals surface area contributed by atoms with Crippen LogP contribution in [0.1, 0.15) is 29.7 Å². The summed E-state index contributed by atoms with van der Waals surface area (Å²) in [6, 6.07) is 16.2. The number of aliphatic hydroxyl groups excluding tert-OH is 1. The average molecular weight is 258 g/mol. The third kappa shape index (κ3) is 3.15. The number of hydrogen-bond acceptors (Lipinski definition) is 2. The van der Waals surface area contributed by atoms with Crippen LogP contribution in [0, 0.1) is 6.92 Å². The Morgan fingerprint density at radius 1 is 0.944 bits per heavy atom. The molecule has 2 rings (SSSR count). The summed E-state index contributed by atoms with van der Waals surface area (Å²) < 4.78 is 0. The van der Waals surface area contributed by atoms with E-state index in [1.807, 2.05) is 55.1 Å². The van der Waals surface area contributed by atoms with Crippen LogP contribution in [0.25, 0.3) is 0 Å². The van der Waals surface area contributed by atoms with Crippen molar-refractivity contribution in [3.63, 3.8) is 0 Å². The van der Waals surface area contributed by atoms with E-state index < -0.39 is 6.10 Å². The minimum Gasteiger partial charge on any atom is -0.384 e. The van der Waals surface area contributed by atoms with Crippen molar-refractivity contribution in [1.29, 1.82) is 0 Å². The Balaban J connectivity index is 2.17. The molecule has 0 amide bonds. The number of aliphatic hydroxyl groups is 1. The summed E-state index contributed by atoms with van der Waals surface area (Å²) in [4.78, 5) is 1.25. The first-order valence-electron chi connectivity index (χ1n) is 6.18. The van der Waals surface area contributed by atoms with E-state index in [2.05, 4.69) is 19.1 Å². The van der Waals surface area contributed by atoms with Crippen molar-refractivity contribution in [2.24, 2.45) is 0 Å². The van der Waals surface area contributed by atoms with Gasteiger partial charge in [-0.2, -0.15) is 0 Å². The first kappa shape index (κ1) is 13.2. The Morgan fingerprint density at radius 2 is 1.44 bits per heavy atom. The third-order valence-electron chi connectivity index (χ3n) is 2.90. The van der Waals surface area contributed by atoms with Crippen LogP contribution in [0.3, 0.4) is 0 Å². The molecule has 94 valence electrons. The van der Waals surface area contributed by atoms with E-state index in [1.165, 1.54) is 10.5 Å². The molecule has 0 radical (unpaired) electrons. The van der Waals surface area contributed by atoms with Crippen molar-refractivity contribution in [3.05, 3.63) is 65.2 Å². The van der Waals surface area contributed by atoms with Gasteiger partial charge in [0.2, 0.25) is 0 Å². The molecule has 1 unspecified atom stereocenters. The first-order chi connectivity index (χ1) is 8.70. The van der Waals surface area contributed by atoms with E-state index in [9.17, 15) is 5.11 Å². The van der Waals surface area contributed by atoms with Crippen molar-refractivity contribution in [1.82, 2.24) is 0 Å². The minimum absolute atomic E-state index is 0.536. The largest absolute Gasteiger partial charge is 0.384 e. The Labute approximate surface area is 113 Å². The molecule has 1 N–H and O–H groups in total. The summed E-state index contributed by atoms with van der Waals surface area (Å²) in [5.41, 5.74) is 3.09. The number of aryl methyl sites for hydroxylation is 1. The molecule has 0 saturated carbocycles. The van der Waals surface area contributed by atoms with Gasteiger partial charge >= 0.3 is 0 Å². The molecule has 2 aromatic carbocycles. The normalized spacial score (nSPS) is 12.4. The molecule has 0 aromatic heterocycles. The lowest BCUT2D eigenvalue weighted by Gasteiger charge is -2.12. The Bertz CT molecular complexity index is 488. The fourth-order valence-corrected chi connectivity index (χ4v) is 2.52. The molecule has 0 heterocycles. The van der Waals surface area contributed by atoms with Crippen LogP contribution in [0.4, 0.5) is 0 Å². The molecule has 0 saturated heterocycles. The molecule has 2 aromatic rings. The van der Waals surface area contributed by atoms with Crippen molar-refractivity contribution in [2.45, 2.75) is 24.8 Å². The number of hydrogen-bond donors (Lipinski definition) is 1. The van der Waals surface area contributed by atoms with Crippen LogP contribution >= 0.6 is 11.8 Å².